The molecule has 3 heterocycles. The fourth-order valence-electron chi connectivity index (χ4n) is 4.90. The highest BCUT2D eigenvalue weighted by atomic mass is 16.6. The van der Waals surface area contributed by atoms with Crippen LogP contribution in [-0.2, 0) is 16.5 Å². The van der Waals surface area contributed by atoms with E-state index in [1.54, 1.807) is 22.7 Å². The molecule has 2 N–H and O–H groups in total. The van der Waals surface area contributed by atoms with Gasteiger partial charge in [-0.25, -0.2) is 14.6 Å². The summed E-state index contributed by atoms with van der Waals surface area (Å²) in [6.45, 7) is 10.8. The number of aromatic nitrogens is 4. The van der Waals surface area contributed by atoms with Gasteiger partial charge >= 0.3 is 12.1 Å². The third-order valence-corrected chi connectivity index (χ3v) is 6.77. The summed E-state index contributed by atoms with van der Waals surface area (Å²) in [6.07, 6.45) is 8.75. The molecule has 4 rings (SSSR count). The number of nitrogens with zero attached hydrogens (tertiary/aromatic N) is 6. The van der Waals surface area contributed by atoms with Gasteiger partial charge in [0.2, 0.25) is 5.95 Å². The smallest absolute Gasteiger partial charge is 0.410 e. The number of aryl methyl sites for hydroxylation is 1. The molecule has 208 valence electrons. The van der Waals surface area contributed by atoms with Crippen LogP contribution in [0.3, 0.4) is 0 Å². The summed E-state index contributed by atoms with van der Waals surface area (Å²) in [5.41, 5.74) is 0.602. The van der Waals surface area contributed by atoms with Crippen LogP contribution in [0.5, 0.6) is 0 Å². The lowest BCUT2D eigenvalue weighted by molar-refractivity contribution is 0.00805. The van der Waals surface area contributed by atoms with Gasteiger partial charge in [0.25, 0.3) is 0 Å². The van der Waals surface area contributed by atoms with E-state index in [1.165, 1.54) is 6.20 Å². The van der Waals surface area contributed by atoms with Crippen molar-refractivity contribution in [3.63, 3.8) is 0 Å². The summed E-state index contributed by atoms with van der Waals surface area (Å²) in [5.74, 6) is 0.406. The first-order chi connectivity index (χ1) is 18.1. The van der Waals surface area contributed by atoms with Crippen molar-refractivity contribution in [2.45, 2.75) is 71.1 Å². The van der Waals surface area contributed by atoms with Crippen molar-refractivity contribution < 1.29 is 19.1 Å². The molecule has 38 heavy (non-hydrogen) atoms. The molecular formula is C26H40N8O4. The maximum Gasteiger partial charge on any atom is 0.410 e. The van der Waals surface area contributed by atoms with Crippen molar-refractivity contribution in [2.24, 2.45) is 7.05 Å². The van der Waals surface area contributed by atoms with E-state index in [-0.39, 0.29) is 18.7 Å². The second-order valence-electron chi connectivity index (χ2n) is 10.9. The Morgan fingerprint density at radius 3 is 2.39 bits per heavy atom. The van der Waals surface area contributed by atoms with Gasteiger partial charge in [-0.2, -0.15) is 10.1 Å². The molecule has 2 fully saturated rings. The van der Waals surface area contributed by atoms with E-state index in [9.17, 15) is 9.59 Å². The third-order valence-electron chi connectivity index (χ3n) is 6.77. The second kappa shape index (κ2) is 12.0. The summed E-state index contributed by atoms with van der Waals surface area (Å²) in [7, 11) is 1.83. The van der Waals surface area contributed by atoms with Crippen molar-refractivity contribution in [1.29, 1.82) is 0 Å². The Balaban J connectivity index is 1.33. The summed E-state index contributed by atoms with van der Waals surface area (Å²) in [6, 6.07) is 0.662. The quantitative estimate of drug-likeness (QED) is 0.516. The number of nitrogens with one attached hydrogen (secondary N) is 2. The minimum absolute atomic E-state index is 0.184. The average Bonchev–Trinajstić information content (AvgIpc) is 3.28. The Hall–Kier alpha value is -3.41. The summed E-state index contributed by atoms with van der Waals surface area (Å²) in [5, 5.41) is 10.8. The van der Waals surface area contributed by atoms with Crippen molar-refractivity contribution in [3.05, 3.63) is 24.2 Å². The zero-order valence-electron chi connectivity index (χ0n) is 23.1. The zero-order valence-corrected chi connectivity index (χ0v) is 23.1. The average molecular weight is 529 g/mol. The van der Waals surface area contributed by atoms with E-state index in [1.807, 2.05) is 34.0 Å². The molecule has 1 saturated carbocycles. The molecule has 0 unspecified atom stereocenters. The molecule has 1 aliphatic carbocycles. The van der Waals surface area contributed by atoms with Crippen LogP contribution in [0.15, 0.2) is 18.6 Å². The van der Waals surface area contributed by atoms with Crippen LogP contribution in [0, 0.1) is 0 Å². The van der Waals surface area contributed by atoms with Gasteiger partial charge in [-0.3, -0.25) is 9.58 Å². The molecule has 12 heteroatoms. The van der Waals surface area contributed by atoms with Crippen LogP contribution >= 0.6 is 0 Å². The molecule has 2 aromatic heterocycles. The Morgan fingerprint density at radius 1 is 1.08 bits per heavy atom. The summed E-state index contributed by atoms with van der Waals surface area (Å²) in [4.78, 5) is 38.2. The molecule has 0 atom stereocenters. The van der Waals surface area contributed by atoms with Crippen LogP contribution in [0.25, 0.3) is 0 Å². The molecule has 0 spiro atoms. The van der Waals surface area contributed by atoms with Crippen molar-refractivity contribution in [1.82, 2.24) is 29.5 Å². The zero-order chi connectivity index (χ0) is 27.3. The van der Waals surface area contributed by atoms with Crippen molar-refractivity contribution in [2.75, 3.05) is 43.4 Å². The number of carbonyl (C=O) groups excluding carboxylic acids is 2. The number of ether oxygens (including phenoxy) is 2. The number of hydrogen-bond acceptors (Lipinski definition) is 10. The summed E-state index contributed by atoms with van der Waals surface area (Å²) < 4.78 is 12.4. The highest BCUT2D eigenvalue weighted by Gasteiger charge is 2.31. The molecule has 1 amide bonds. The van der Waals surface area contributed by atoms with Gasteiger partial charge in [-0.05, 0) is 53.4 Å². The number of esters is 1. The van der Waals surface area contributed by atoms with E-state index >= 15 is 0 Å². The lowest BCUT2D eigenvalue weighted by Crippen LogP contribution is -2.53. The minimum Gasteiger partial charge on any atom is -0.462 e. The maximum absolute atomic E-state index is 12.6. The van der Waals surface area contributed by atoms with Crippen LogP contribution in [0.1, 0.15) is 63.7 Å². The Kier molecular flexibility index (Phi) is 8.70. The van der Waals surface area contributed by atoms with Gasteiger partial charge in [0.1, 0.15) is 17.0 Å². The van der Waals surface area contributed by atoms with Crippen LogP contribution in [0.4, 0.5) is 22.2 Å². The molecule has 2 aromatic rings. The second-order valence-corrected chi connectivity index (χ2v) is 10.9. The topological polar surface area (TPSA) is 127 Å². The first kappa shape index (κ1) is 27.6. The minimum atomic E-state index is -0.480. The van der Waals surface area contributed by atoms with Crippen LogP contribution < -0.4 is 10.6 Å². The van der Waals surface area contributed by atoms with E-state index in [4.69, 9.17) is 9.47 Å². The first-order valence-electron chi connectivity index (χ1n) is 13.4. The maximum atomic E-state index is 12.6. The van der Waals surface area contributed by atoms with Crippen LogP contribution in [0.2, 0.25) is 0 Å². The Labute approximate surface area is 224 Å². The Morgan fingerprint density at radius 2 is 1.79 bits per heavy atom. The molecule has 0 radical (unpaired) electrons. The third kappa shape index (κ3) is 7.33. The van der Waals surface area contributed by atoms with E-state index in [0.29, 0.717) is 36.5 Å². The first-order valence-corrected chi connectivity index (χ1v) is 13.4. The van der Waals surface area contributed by atoms with Crippen molar-refractivity contribution >= 4 is 29.5 Å². The highest BCUT2D eigenvalue weighted by Crippen LogP contribution is 2.28. The normalized spacial score (nSPS) is 20.6. The van der Waals surface area contributed by atoms with Gasteiger partial charge in [0.15, 0.2) is 0 Å². The molecular weight excluding hydrogens is 488 g/mol. The summed E-state index contributed by atoms with van der Waals surface area (Å²) >= 11 is 0. The number of rotatable bonds is 7. The number of piperazine rings is 1. The molecule has 1 aliphatic heterocycles. The van der Waals surface area contributed by atoms with Gasteiger partial charge in [0, 0.05) is 57.7 Å². The van der Waals surface area contributed by atoms with Crippen LogP contribution in [-0.4, -0.2) is 92.1 Å². The highest BCUT2D eigenvalue weighted by molar-refractivity contribution is 5.94. The predicted octanol–water partition coefficient (Wildman–Crippen LogP) is 3.41. The lowest BCUT2D eigenvalue weighted by Gasteiger charge is -2.42. The fraction of sp³-hybridized carbons (Fsp3) is 0.654. The molecule has 1 saturated heterocycles. The molecule has 0 aromatic carbocycles. The molecule has 12 nitrogen and oxygen atoms in total. The van der Waals surface area contributed by atoms with Gasteiger partial charge in [-0.15, -0.1) is 0 Å². The standard InChI is InChI=1S/C26H40N8O4/c1-6-37-23(35)21-16-27-24(30-19-15-28-32(5)17-19)31-22(21)29-18-7-9-20(10-8-18)33-11-13-34(14-12-33)25(36)38-26(2,3)4/h15-18,20H,6-14H2,1-5H3,(H2,27,29,30,31). The number of carbonyl (C=O) groups is 2. The predicted molar refractivity (Wildman–Crippen MR) is 144 cm³/mol. The number of amides is 1. The molecule has 2 aliphatic rings. The van der Waals surface area contributed by atoms with Gasteiger partial charge in [0.05, 0.1) is 18.5 Å². The monoisotopic (exact) mass is 528 g/mol. The SMILES string of the molecule is CCOC(=O)c1cnc(Nc2cnn(C)c2)nc1NC1CCC(N2CCN(C(=O)OC(C)(C)C)CC2)CC1. The molecule has 0 bridgehead atoms. The van der Waals surface area contributed by atoms with Gasteiger partial charge < -0.3 is 25.0 Å². The largest absolute Gasteiger partial charge is 0.462 e. The lowest BCUT2D eigenvalue weighted by atomic mass is 9.89. The van der Waals surface area contributed by atoms with E-state index in [2.05, 4.69) is 30.6 Å². The van der Waals surface area contributed by atoms with Crippen molar-refractivity contribution in [3.8, 4) is 0 Å². The van der Waals surface area contributed by atoms with E-state index in [0.717, 1.165) is 44.5 Å². The Bertz CT molecular complexity index is 1100. The number of anilines is 3. The van der Waals surface area contributed by atoms with E-state index < -0.39 is 11.6 Å². The number of hydrogen-bond donors (Lipinski definition) is 2. The van der Waals surface area contributed by atoms with Gasteiger partial charge in [-0.1, -0.05) is 0 Å². The fourth-order valence-corrected chi connectivity index (χ4v) is 4.90.